The summed E-state index contributed by atoms with van der Waals surface area (Å²) in [5.74, 6) is 0.700. The van der Waals surface area contributed by atoms with Gasteiger partial charge >= 0.3 is 0 Å². The lowest BCUT2D eigenvalue weighted by atomic mass is 9.91. The molecule has 0 N–H and O–H groups in total. The monoisotopic (exact) mass is 716 g/mol. The number of nitrogens with zero attached hydrogens (tertiary/aromatic N) is 2. The van der Waals surface area contributed by atoms with E-state index in [-0.39, 0.29) is 0 Å². The Morgan fingerprint density at radius 3 is 1.76 bits per heavy atom. The van der Waals surface area contributed by atoms with Crippen LogP contribution in [0, 0.1) is 0 Å². The number of hydrogen-bond acceptors (Lipinski definition) is 3. The molecule has 0 bridgehead atoms. The minimum Gasteiger partial charge on any atom is -0.228 e. The minimum absolute atomic E-state index is 0.700. The zero-order valence-corrected chi connectivity index (χ0v) is 30.6. The van der Waals surface area contributed by atoms with E-state index < -0.39 is 0 Å². The summed E-state index contributed by atoms with van der Waals surface area (Å²) in [6, 6.07) is 69.8. The molecule has 2 heterocycles. The lowest BCUT2D eigenvalue weighted by Gasteiger charge is -2.16. The van der Waals surface area contributed by atoms with Gasteiger partial charge in [-0.25, -0.2) is 9.97 Å². The Morgan fingerprint density at radius 1 is 0.291 bits per heavy atom. The van der Waals surface area contributed by atoms with Gasteiger partial charge in [-0.1, -0.05) is 164 Å². The summed E-state index contributed by atoms with van der Waals surface area (Å²) >= 11 is 1.85. The van der Waals surface area contributed by atoms with Crippen molar-refractivity contribution in [2.75, 3.05) is 0 Å². The summed E-state index contributed by atoms with van der Waals surface area (Å²) in [5, 5.41) is 9.84. The first-order valence-corrected chi connectivity index (χ1v) is 19.5. The first-order chi connectivity index (χ1) is 27.2. The fraction of sp³-hybridized carbons (Fsp3) is 0. The second kappa shape index (κ2) is 12.9. The van der Waals surface area contributed by atoms with Crippen LogP contribution in [0.5, 0.6) is 0 Å². The molecule has 0 aliphatic carbocycles. The van der Waals surface area contributed by atoms with Gasteiger partial charge in [-0.05, 0) is 84.9 Å². The number of thiophene rings is 1. The number of rotatable bonds is 5. The molecular formula is C52H32N2S. The number of aromatic nitrogens is 2. The Morgan fingerprint density at radius 2 is 0.891 bits per heavy atom. The van der Waals surface area contributed by atoms with Gasteiger partial charge in [0, 0.05) is 36.9 Å². The zero-order valence-electron chi connectivity index (χ0n) is 29.8. The summed E-state index contributed by atoms with van der Waals surface area (Å²) in [4.78, 5) is 10.7. The van der Waals surface area contributed by atoms with Crippen LogP contribution >= 0.6 is 11.3 Å². The molecule has 0 radical (unpaired) electrons. The molecule has 9 aromatic carbocycles. The predicted octanol–water partition coefficient (Wildman–Crippen LogP) is 14.6. The van der Waals surface area contributed by atoms with Gasteiger partial charge in [0.15, 0.2) is 5.82 Å². The van der Waals surface area contributed by atoms with Gasteiger partial charge in [0.25, 0.3) is 0 Å². The summed E-state index contributed by atoms with van der Waals surface area (Å²) in [7, 11) is 0. The second-order valence-corrected chi connectivity index (χ2v) is 15.2. The molecule has 0 saturated heterocycles. The lowest BCUT2D eigenvalue weighted by molar-refractivity contribution is 1.19. The van der Waals surface area contributed by atoms with Crippen LogP contribution in [0.4, 0.5) is 0 Å². The maximum absolute atomic E-state index is 5.41. The first kappa shape index (κ1) is 31.6. The molecule has 0 saturated carbocycles. The molecular weight excluding hydrogens is 685 g/mol. The molecule has 3 heteroatoms. The van der Waals surface area contributed by atoms with Crippen molar-refractivity contribution in [3.63, 3.8) is 0 Å². The van der Waals surface area contributed by atoms with Crippen LogP contribution < -0.4 is 0 Å². The van der Waals surface area contributed by atoms with E-state index in [1.165, 1.54) is 63.6 Å². The number of benzene rings is 9. The maximum Gasteiger partial charge on any atom is 0.160 e. The maximum atomic E-state index is 5.41. The van der Waals surface area contributed by atoms with Crippen molar-refractivity contribution >= 4 is 63.8 Å². The van der Waals surface area contributed by atoms with Crippen molar-refractivity contribution in [1.82, 2.24) is 9.97 Å². The summed E-state index contributed by atoms with van der Waals surface area (Å²) in [5.41, 5.74) is 9.64. The third-order valence-electron chi connectivity index (χ3n) is 10.9. The van der Waals surface area contributed by atoms with E-state index in [2.05, 4.69) is 194 Å². The lowest BCUT2D eigenvalue weighted by Crippen LogP contribution is -1.97. The number of fused-ring (bicyclic) bond motifs is 7. The average molecular weight is 717 g/mol. The van der Waals surface area contributed by atoms with Gasteiger partial charge in [0.2, 0.25) is 0 Å². The van der Waals surface area contributed by atoms with Crippen LogP contribution in [0.3, 0.4) is 0 Å². The van der Waals surface area contributed by atoms with Gasteiger partial charge in [-0.15, -0.1) is 11.3 Å². The topological polar surface area (TPSA) is 25.8 Å². The van der Waals surface area contributed by atoms with Crippen LogP contribution in [0.15, 0.2) is 194 Å². The van der Waals surface area contributed by atoms with E-state index in [9.17, 15) is 0 Å². The van der Waals surface area contributed by atoms with Gasteiger partial charge in [-0.3, -0.25) is 0 Å². The van der Waals surface area contributed by atoms with E-state index >= 15 is 0 Å². The van der Waals surface area contributed by atoms with Gasteiger partial charge < -0.3 is 0 Å². The van der Waals surface area contributed by atoms with Crippen molar-refractivity contribution in [2.45, 2.75) is 0 Å². The Kier molecular flexibility index (Phi) is 7.39. The highest BCUT2D eigenvalue weighted by atomic mass is 32.1. The molecule has 0 atom stereocenters. The molecule has 2 aromatic heterocycles. The summed E-state index contributed by atoms with van der Waals surface area (Å²) in [6.45, 7) is 0. The molecule has 2 nitrogen and oxygen atoms in total. The normalized spacial score (nSPS) is 11.6. The van der Waals surface area contributed by atoms with Crippen molar-refractivity contribution in [1.29, 1.82) is 0 Å². The Balaban J connectivity index is 1.12. The van der Waals surface area contributed by atoms with Crippen LogP contribution in [-0.2, 0) is 0 Å². The number of hydrogen-bond donors (Lipinski definition) is 0. The van der Waals surface area contributed by atoms with E-state index in [4.69, 9.17) is 9.97 Å². The second-order valence-electron chi connectivity index (χ2n) is 14.1. The van der Waals surface area contributed by atoms with E-state index in [0.717, 1.165) is 39.2 Å². The standard InChI is InChI=1S/C52H32N2S/c1-2-11-33(12-3-1)34-21-23-36(24-22-34)52-53-47(40-16-10-15-37(29-40)38-26-27-44-43-19-8-9-20-49(43)55-50(44)31-38)32-48(54-52)51-42-18-7-5-14-39(42)30-46-41-17-6-4-13-35(41)25-28-45(46)51/h1-32H. The quantitative estimate of drug-likeness (QED) is 0.131. The molecule has 0 aliphatic rings. The van der Waals surface area contributed by atoms with Crippen LogP contribution in [0.1, 0.15) is 0 Å². The van der Waals surface area contributed by atoms with E-state index in [1.54, 1.807) is 0 Å². The Labute approximate surface area is 322 Å². The molecule has 11 aromatic rings. The van der Waals surface area contributed by atoms with Crippen LogP contribution in [-0.4, -0.2) is 9.97 Å². The smallest absolute Gasteiger partial charge is 0.160 e. The Hall–Kier alpha value is -6.94. The molecule has 0 amide bonds. The molecule has 0 unspecified atom stereocenters. The van der Waals surface area contributed by atoms with Gasteiger partial charge in [-0.2, -0.15) is 0 Å². The molecule has 256 valence electrons. The minimum atomic E-state index is 0.700. The van der Waals surface area contributed by atoms with E-state index in [0.29, 0.717) is 5.82 Å². The van der Waals surface area contributed by atoms with Crippen molar-refractivity contribution in [2.24, 2.45) is 0 Å². The van der Waals surface area contributed by atoms with Gasteiger partial charge in [0.05, 0.1) is 11.4 Å². The average Bonchev–Trinajstić information content (AvgIpc) is 3.64. The van der Waals surface area contributed by atoms with Crippen LogP contribution in [0.25, 0.3) is 109 Å². The molecule has 0 spiro atoms. The largest absolute Gasteiger partial charge is 0.228 e. The molecule has 11 rings (SSSR count). The van der Waals surface area contributed by atoms with Crippen molar-refractivity contribution < 1.29 is 0 Å². The molecule has 0 aliphatic heterocycles. The summed E-state index contributed by atoms with van der Waals surface area (Å²) < 4.78 is 2.61. The fourth-order valence-corrected chi connectivity index (χ4v) is 9.30. The first-order valence-electron chi connectivity index (χ1n) is 18.6. The summed E-state index contributed by atoms with van der Waals surface area (Å²) in [6.07, 6.45) is 0. The predicted molar refractivity (Wildman–Crippen MR) is 235 cm³/mol. The molecule has 55 heavy (non-hydrogen) atoms. The SMILES string of the molecule is c1ccc(-c2ccc(-c3nc(-c4cccc(-c5ccc6c(c5)sc5ccccc56)c4)cc(-c4c5ccccc5cc5c4ccc4ccccc45)n3)cc2)cc1. The van der Waals surface area contributed by atoms with Gasteiger partial charge in [0.1, 0.15) is 0 Å². The van der Waals surface area contributed by atoms with Crippen molar-refractivity contribution in [3.8, 4) is 56.2 Å². The Bertz CT molecular complexity index is 3250. The molecule has 0 fully saturated rings. The highest BCUT2D eigenvalue weighted by Crippen LogP contribution is 2.41. The third-order valence-corrected chi connectivity index (χ3v) is 12.0. The fourth-order valence-electron chi connectivity index (χ4n) is 8.15. The zero-order chi connectivity index (χ0) is 36.3. The highest BCUT2D eigenvalue weighted by Gasteiger charge is 2.18. The van der Waals surface area contributed by atoms with Crippen molar-refractivity contribution in [3.05, 3.63) is 194 Å². The third kappa shape index (κ3) is 5.48. The van der Waals surface area contributed by atoms with Crippen LogP contribution in [0.2, 0.25) is 0 Å². The highest BCUT2D eigenvalue weighted by molar-refractivity contribution is 7.25. The van der Waals surface area contributed by atoms with E-state index in [1.807, 2.05) is 11.3 Å².